The first-order valence-electron chi connectivity index (χ1n) is 2.70. The molecular weight excluding hydrogens is 256 g/mol. The van der Waals surface area contributed by atoms with Crippen LogP contribution in [-0.4, -0.2) is 4.98 Å². The van der Waals surface area contributed by atoms with E-state index in [-0.39, 0.29) is 5.56 Å². The lowest BCUT2D eigenvalue weighted by Crippen LogP contribution is -1.91. The summed E-state index contributed by atoms with van der Waals surface area (Å²) >= 11 is 14.0. The Morgan fingerprint density at radius 1 is 1.45 bits per heavy atom. The number of aromatic nitrogens is 1. The van der Waals surface area contributed by atoms with Crippen molar-refractivity contribution < 1.29 is 4.39 Å². The molecule has 0 aliphatic carbocycles. The smallest absolute Gasteiger partial charge is 0.148 e. The quantitative estimate of drug-likeness (QED) is 0.703. The van der Waals surface area contributed by atoms with Crippen LogP contribution in [0.15, 0.2) is 16.9 Å². The van der Waals surface area contributed by atoms with Gasteiger partial charge in [0.15, 0.2) is 0 Å². The SMILES string of the molecule is Fc1cncc(Br)c1C(Cl)Cl. The van der Waals surface area contributed by atoms with Gasteiger partial charge >= 0.3 is 0 Å². The van der Waals surface area contributed by atoms with Gasteiger partial charge in [0.1, 0.15) is 10.7 Å². The predicted molar refractivity (Wildman–Crippen MR) is 46.3 cm³/mol. The summed E-state index contributed by atoms with van der Waals surface area (Å²) in [6.07, 6.45) is 2.51. The van der Waals surface area contributed by atoms with E-state index in [1.807, 2.05) is 0 Å². The number of alkyl halides is 2. The minimum atomic E-state index is -0.868. The molecule has 60 valence electrons. The van der Waals surface area contributed by atoms with Crippen molar-refractivity contribution in [3.05, 3.63) is 28.2 Å². The van der Waals surface area contributed by atoms with Crippen LogP contribution < -0.4 is 0 Å². The normalized spacial score (nSPS) is 10.6. The number of pyridine rings is 1. The molecular formula is C6H3BrCl2FN. The van der Waals surface area contributed by atoms with Gasteiger partial charge in [0.05, 0.1) is 6.20 Å². The number of hydrogen-bond donors (Lipinski definition) is 0. The zero-order valence-electron chi connectivity index (χ0n) is 5.19. The van der Waals surface area contributed by atoms with Crippen LogP contribution >= 0.6 is 39.1 Å². The third-order valence-electron chi connectivity index (χ3n) is 1.11. The molecule has 0 radical (unpaired) electrons. The fourth-order valence-electron chi connectivity index (χ4n) is 0.630. The molecule has 0 saturated heterocycles. The Morgan fingerprint density at radius 3 is 2.45 bits per heavy atom. The third-order valence-corrected chi connectivity index (χ3v) is 2.18. The lowest BCUT2D eigenvalue weighted by molar-refractivity contribution is 0.608. The second kappa shape index (κ2) is 3.70. The van der Waals surface area contributed by atoms with E-state index in [1.165, 1.54) is 6.20 Å². The van der Waals surface area contributed by atoms with E-state index < -0.39 is 10.7 Å². The van der Waals surface area contributed by atoms with Crippen LogP contribution in [0.2, 0.25) is 0 Å². The highest BCUT2D eigenvalue weighted by Crippen LogP contribution is 2.32. The summed E-state index contributed by atoms with van der Waals surface area (Å²) in [5.74, 6) is -0.505. The highest BCUT2D eigenvalue weighted by atomic mass is 79.9. The predicted octanol–water partition coefficient (Wildman–Crippen LogP) is 3.46. The molecule has 1 rings (SSSR count). The van der Waals surface area contributed by atoms with E-state index in [9.17, 15) is 4.39 Å². The zero-order chi connectivity index (χ0) is 8.43. The van der Waals surface area contributed by atoms with Crippen LogP contribution in [0.3, 0.4) is 0 Å². The van der Waals surface area contributed by atoms with E-state index in [4.69, 9.17) is 23.2 Å². The standard InChI is InChI=1S/C6H3BrCl2FN/c7-3-1-11-2-4(10)5(3)6(8)9/h1-2,6H. The highest BCUT2D eigenvalue weighted by Gasteiger charge is 2.13. The van der Waals surface area contributed by atoms with Crippen molar-refractivity contribution >= 4 is 39.1 Å². The first kappa shape index (κ1) is 9.23. The van der Waals surface area contributed by atoms with Gasteiger partial charge < -0.3 is 0 Å². The molecule has 0 saturated carbocycles. The van der Waals surface area contributed by atoms with E-state index in [1.54, 1.807) is 0 Å². The first-order valence-corrected chi connectivity index (χ1v) is 4.36. The minimum absolute atomic E-state index is 0.225. The monoisotopic (exact) mass is 257 g/mol. The average molecular weight is 259 g/mol. The Kier molecular flexibility index (Phi) is 3.10. The second-order valence-electron chi connectivity index (χ2n) is 1.82. The minimum Gasteiger partial charge on any atom is -0.260 e. The maximum absolute atomic E-state index is 12.8. The van der Waals surface area contributed by atoms with E-state index >= 15 is 0 Å². The summed E-state index contributed by atoms with van der Waals surface area (Å²) in [5.41, 5.74) is 0.225. The number of rotatable bonds is 1. The maximum Gasteiger partial charge on any atom is 0.148 e. The number of nitrogens with zero attached hydrogens (tertiary/aromatic N) is 1. The van der Waals surface area contributed by atoms with Crippen LogP contribution in [-0.2, 0) is 0 Å². The molecule has 0 N–H and O–H groups in total. The molecule has 0 spiro atoms. The second-order valence-corrected chi connectivity index (χ2v) is 3.77. The fourth-order valence-corrected chi connectivity index (χ4v) is 1.87. The molecule has 1 heterocycles. The van der Waals surface area contributed by atoms with Gasteiger partial charge in [-0.15, -0.1) is 0 Å². The van der Waals surface area contributed by atoms with Crippen LogP contribution in [0.4, 0.5) is 4.39 Å². The molecule has 1 aromatic heterocycles. The van der Waals surface area contributed by atoms with Crippen molar-refractivity contribution in [2.24, 2.45) is 0 Å². The number of hydrogen-bond acceptors (Lipinski definition) is 1. The van der Waals surface area contributed by atoms with Crippen molar-refractivity contribution in [3.63, 3.8) is 0 Å². The van der Waals surface area contributed by atoms with Crippen LogP contribution in [0.1, 0.15) is 10.4 Å². The third kappa shape index (κ3) is 2.04. The van der Waals surface area contributed by atoms with Gasteiger partial charge in [0.25, 0.3) is 0 Å². The summed E-state index contributed by atoms with van der Waals surface area (Å²) in [6, 6.07) is 0. The van der Waals surface area contributed by atoms with Crippen LogP contribution in [0, 0.1) is 5.82 Å². The van der Waals surface area contributed by atoms with Crippen molar-refractivity contribution in [2.75, 3.05) is 0 Å². The van der Waals surface area contributed by atoms with Gasteiger partial charge in [-0.05, 0) is 15.9 Å². The van der Waals surface area contributed by atoms with E-state index in [0.717, 1.165) is 6.20 Å². The molecule has 0 unspecified atom stereocenters. The Hall–Kier alpha value is 0.140. The first-order chi connectivity index (χ1) is 5.13. The highest BCUT2D eigenvalue weighted by molar-refractivity contribution is 9.10. The molecule has 0 bridgehead atoms. The van der Waals surface area contributed by atoms with Crippen LogP contribution in [0.5, 0.6) is 0 Å². The Morgan fingerprint density at radius 2 is 2.09 bits per heavy atom. The lowest BCUT2D eigenvalue weighted by atomic mass is 10.3. The van der Waals surface area contributed by atoms with Crippen molar-refractivity contribution in [3.8, 4) is 0 Å². The molecule has 0 aromatic carbocycles. The molecule has 11 heavy (non-hydrogen) atoms. The van der Waals surface area contributed by atoms with Gasteiger partial charge in [-0.25, -0.2) is 4.39 Å². The van der Waals surface area contributed by atoms with E-state index in [0.29, 0.717) is 4.47 Å². The molecule has 1 nitrogen and oxygen atoms in total. The number of halogens is 4. The zero-order valence-corrected chi connectivity index (χ0v) is 8.29. The molecule has 0 amide bonds. The fraction of sp³-hybridized carbons (Fsp3) is 0.167. The molecule has 5 heteroatoms. The van der Waals surface area contributed by atoms with Gasteiger partial charge in [-0.1, -0.05) is 23.2 Å². The molecule has 0 aliphatic heterocycles. The van der Waals surface area contributed by atoms with E-state index in [2.05, 4.69) is 20.9 Å². The summed E-state index contributed by atoms with van der Waals surface area (Å²) in [5, 5.41) is 0. The summed E-state index contributed by atoms with van der Waals surface area (Å²) < 4.78 is 13.3. The summed E-state index contributed by atoms with van der Waals surface area (Å²) in [4.78, 5) is 2.72. The van der Waals surface area contributed by atoms with Crippen LogP contribution in [0.25, 0.3) is 0 Å². The molecule has 0 aliphatic rings. The summed E-state index contributed by atoms with van der Waals surface area (Å²) in [6.45, 7) is 0. The maximum atomic E-state index is 12.8. The van der Waals surface area contributed by atoms with Gasteiger partial charge in [-0.3, -0.25) is 4.98 Å². The lowest BCUT2D eigenvalue weighted by Gasteiger charge is -2.04. The Bertz CT molecular complexity index is 247. The van der Waals surface area contributed by atoms with Gasteiger partial charge in [-0.2, -0.15) is 0 Å². The average Bonchev–Trinajstić information content (AvgIpc) is 1.85. The van der Waals surface area contributed by atoms with Crippen molar-refractivity contribution in [2.45, 2.75) is 4.84 Å². The summed E-state index contributed by atoms with van der Waals surface area (Å²) in [7, 11) is 0. The molecule has 1 aromatic rings. The Labute approximate surface area is 81.7 Å². The van der Waals surface area contributed by atoms with Gasteiger partial charge in [0, 0.05) is 16.2 Å². The topological polar surface area (TPSA) is 12.9 Å². The Balaban J connectivity index is 3.21. The molecule has 0 fully saturated rings. The van der Waals surface area contributed by atoms with Crippen molar-refractivity contribution in [1.29, 1.82) is 0 Å². The van der Waals surface area contributed by atoms with Crippen molar-refractivity contribution in [1.82, 2.24) is 4.98 Å². The van der Waals surface area contributed by atoms with Gasteiger partial charge in [0.2, 0.25) is 0 Å². The molecule has 0 atom stereocenters. The largest absolute Gasteiger partial charge is 0.260 e.